The van der Waals surface area contributed by atoms with Gasteiger partial charge >= 0.3 is 0 Å². The molecule has 1 aliphatic heterocycles. The van der Waals surface area contributed by atoms with Crippen LogP contribution in [0.1, 0.15) is 35.8 Å². The van der Waals surface area contributed by atoms with Crippen molar-refractivity contribution in [2.45, 2.75) is 24.7 Å². The summed E-state index contributed by atoms with van der Waals surface area (Å²) in [4.78, 5) is 13.2. The Kier molecular flexibility index (Phi) is 5.16. The molecule has 0 aromatic heterocycles. The molecule has 0 bridgehead atoms. The molecular formula is C23H19BrN2O3. The van der Waals surface area contributed by atoms with E-state index in [0.29, 0.717) is 29.9 Å². The average molecular weight is 451 g/mol. The Balaban J connectivity index is 1.80. The molecule has 1 heterocycles. The van der Waals surface area contributed by atoms with E-state index in [1.807, 2.05) is 42.5 Å². The number of allylic oxidation sites excluding steroid dienone is 3. The molecule has 2 aromatic rings. The lowest BCUT2D eigenvalue weighted by molar-refractivity contribution is -0.117. The van der Waals surface area contributed by atoms with E-state index in [4.69, 9.17) is 15.2 Å². The highest BCUT2D eigenvalue weighted by molar-refractivity contribution is 9.10. The van der Waals surface area contributed by atoms with Gasteiger partial charge in [0.1, 0.15) is 23.2 Å². The summed E-state index contributed by atoms with van der Waals surface area (Å²) in [5.41, 5.74) is 8.77. The molecular weight excluding hydrogens is 432 g/mol. The number of ether oxygens (including phenoxy) is 2. The number of hydrogen-bond acceptors (Lipinski definition) is 5. The van der Waals surface area contributed by atoms with Crippen molar-refractivity contribution in [3.05, 3.63) is 86.9 Å². The highest BCUT2D eigenvalue weighted by Crippen LogP contribution is 2.47. The smallest absolute Gasteiger partial charge is 0.205 e. The Morgan fingerprint density at radius 3 is 2.59 bits per heavy atom. The molecule has 2 N–H and O–H groups in total. The molecule has 2 atom stereocenters. The van der Waals surface area contributed by atoms with Crippen molar-refractivity contribution < 1.29 is 14.3 Å². The van der Waals surface area contributed by atoms with Gasteiger partial charge in [-0.1, -0.05) is 36.4 Å². The number of hydrogen-bond donors (Lipinski definition) is 1. The SMILES string of the molecule is COc1ccc(C2C(C#N)=C(N)OC3=C2C(=O)CC(c2ccccc2)C3)cc1Br. The third-order valence-corrected chi connectivity index (χ3v) is 6.06. The van der Waals surface area contributed by atoms with Crippen LogP contribution in [0, 0.1) is 11.3 Å². The van der Waals surface area contributed by atoms with E-state index in [2.05, 4.69) is 22.0 Å². The number of nitrogens with zero attached hydrogens (tertiary/aromatic N) is 1. The lowest BCUT2D eigenvalue weighted by atomic mass is 9.73. The normalized spacial score (nSPS) is 21.3. The third kappa shape index (κ3) is 3.43. The zero-order chi connectivity index (χ0) is 20.5. The number of nitrogens with two attached hydrogens (primary N) is 1. The highest BCUT2D eigenvalue weighted by atomic mass is 79.9. The molecule has 0 radical (unpaired) electrons. The molecule has 0 fully saturated rings. The molecule has 0 saturated carbocycles. The zero-order valence-electron chi connectivity index (χ0n) is 15.8. The molecule has 0 amide bonds. The second-order valence-corrected chi connectivity index (χ2v) is 7.95. The standard InChI is InChI=1S/C23H19BrN2O3/c1-28-19-8-7-14(9-17(19)24)21-16(12-25)23(26)29-20-11-15(10-18(27)22(20)21)13-5-3-2-4-6-13/h2-9,15,21H,10-11,26H2,1H3. The van der Waals surface area contributed by atoms with Crippen molar-refractivity contribution in [2.75, 3.05) is 7.11 Å². The number of carbonyl (C=O) groups is 1. The Morgan fingerprint density at radius 2 is 1.93 bits per heavy atom. The fourth-order valence-electron chi connectivity index (χ4n) is 4.06. The van der Waals surface area contributed by atoms with Crippen molar-refractivity contribution in [3.63, 3.8) is 0 Å². The van der Waals surface area contributed by atoms with Crippen LogP contribution in [0.25, 0.3) is 0 Å². The molecule has 29 heavy (non-hydrogen) atoms. The summed E-state index contributed by atoms with van der Waals surface area (Å²) in [5.74, 6) is 0.757. The number of ketones is 1. The molecule has 0 saturated heterocycles. The first-order chi connectivity index (χ1) is 14.0. The summed E-state index contributed by atoms with van der Waals surface area (Å²) >= 11 is 3.49. The maximum atomic E-state index is 13.2. The minimum atomic E-state index is -0.546. The summed E-state index contributed by atoms with van der Waals surface area (Å²) in [6, 6.07) is 17.6. The van der Waals surface area contributed by atoms with E-state index in [1.165, 1.54) is 0 Å². The van der Waals surface area contributed by atoms with Crippen LogP contribution in [0.3, 0.4) is 0 Å². The Morgan fingerprint density at radius 1 is 1.17 bits per heavy atom. The molecule has 0 spiro atoms. The molecule has 2 aromatic carbocycles. The van der Waals surface area contributed by atoms with Gasteiger partial charge in [0.05, 0.1) is 17.5 Å². The summed E-state index contributed by atoms with van der Waals surface area (Å²) in [7, 11) is 1.59. The van der Waals surface area contributed by atoms with Gasteiger partial charge in [-0.05, 0) is 45.1 Å². The topological polar surface area (TPSA) is 85.3 Å². The fraction of sp³-hybridized carbons (Fsp3) is 0.217. The summed E-state index contributed by atoms with van der Waals surface area (Å²) in [6.07, 6.45) is 0.941. The van der Waals surface area contributed by atoms with E-state index < -0.39 is 5.92 Å². The Hall–Kier alpha value is -3.04. The lowest BCUT2D eigenvalue weighted by Crippen LogP contribution is -2.29. The van der Waals surface area contributed by atoms with Crippen LogP contribution >= 0.6 is 15.9 Å². The predicted molar refractivity (Wildman–Crippen MR) is 112 cm³/mol. The second-order valence-electron chi connectivity index (χ2n) is 7.09. The first kappa shape index (κ1) is 19.3. The van der Waals surface area contributed by atoms with Crippen LogP contribution in [0.2, 0.25) is 0 Å². The number of rotatable bonds is 3. The summed E-state index contributed by atoms with van der Waals surface area (Å²) < 4.78 is 11.8. The molecule has 2 unspecified atom stereocenters. The maximum Gasteiger partial charge on any atom is 0.205 e. The highest BCUT2D eigenvalue weighted by Gasteiger charge is 2.41. The first-order valence-electron chi connectivity index (χ1n) is 9.25. The minimum Gasteiger partial charge on any atom is -0.496 e. The van der Waals surface area contributed by atoms with Gasteiger partial charge in [0.15, 0.2) is 5.78 Å². The second kappa shape index (κ2) is 7.76. The van der Waals surface area contributed by atoms with Crippen LogP contribution in [0.15, 0.2) is 75.8 Å². The van der Waals surface area contributed by atoms with Gasteiger partial charge in [0.25, 0.3) is 0 Å². The van der Waals surface area contributed by atoms with Crippen LogP contribution in [-0.4, -0.2) is 12.9 Å². The molecule has 146 valence electrons. The third-order valence-electron chi connectivity index (χ3n) is 5.44. The van der Waals surface area contributed by atoms with Gasteiger partial charge in [-0.15, -0.1) is 0 Å². The van der Waals surface area contributed by atoms with Crippen molar-refractivity contribution >= 4 is 21.7 Å². The predicted octanol–water partition coefficient (Wildman–Crippen LogP) is 4.67. The largest absolute Gasteiger partial charge is 0.496 e. The van der Waals surface area contributed by atoms with E-state index in [1.54, 1.807) is 13.2 Å². The molecule has 1 aliphatic carbocycles. The van der Waals surface area contributed by atoms with Crippen molar-refractivity contribution in [1.29, 1.82) is 5.26 Å². The maximum absolute atomic E-state index is 13.2. The van der Waals surface area contributed by atoms with E-state index in [9.17, 15) is 10.1 Å². The summed E-state index contributed by atoms with van der Waals surface area (Å²) in [6.45, 7) is 0. The van der Waals surface area contributed by atoms with E-state index >= 15 is 0 Å². The van der Waals surface area contributed by atoms with Crippen LogP contribution in [-0.2, 0) is 9.53 Å². The summed E-state index contributed by atoms with van der Waals surface area (Å²) in [5, 5.41) is 9.73. The van der Waals surface area contributed by atoms with Crippen molar-refractivity contribution in [3.8, 4) is 11.8 Å². The lowest BCUT2D eigenvalue weighted by Gasteiger charge is -2.34. The molecule has 4 rings (SSSR count). The number of benzene rings is 2. The fourth-order valence-corrected chi connectivity index (χ4v) is 4.62. The van der Waals surface area contributed by atoms with E-state index in [-0.39, 0.29) is 23.2 Å². The Bertz CT molecular complexity index is 1080. The van der Waals surface area contributed by atoms with Gasteiger partial charge < -0.3 is 15.2 Å². The number of nitriles is 1. The van der Waals surface area contributed by atoms with Gasteiger partial charge in [0.2, 0.25) is 5.88 Å². The number of Topliss-reactive ketones (excluding diaryl/α,β-unsaturated/α-hetero) is 1. The molecule has 6 heteroatoms. The van der Waals surface area contributed by atoms with Gasteiger partial charge in [0, 0.05) is 18.4 Å². The number of methoxy groups -OCH3 is 1. The zero-order valence-corrected chi connectivity index (χ0v) is 17.4. The average Bonchev–Trinajstić information content (AvgIpc) is 2.73. The van der Waals surface area contributed by atoms with Crippen LogP contribution in [0.4, 0.5) is 0 Å². The van der Waals surface area contributed by atoms with E-state index in [0.717, 1.165) is 15.6 Å². The quantitative estimate of drug-likeness (QED) is 0.734. The van der Waals surface area contributed by atoms with Gasteiger partial charge in [-0.3, -0.25) is 4.79 Å². The van der Waals surface area contributed by atoms with Gasteiger partial charge in [-0.2, -0.15) is 5.26 Å². The monoisotopic (exact) mass is 450 g/mol. The van der Waals surface area contributed by atoms with Crippen LogP contribution in [0.5, 0.6) is 5.75 Å². The number of carbonyl (C=O) groups excluding carboxylic acids is 1. The first-order valence-corrected chi connectivity index (χ1v) is 10.0. The Labute approximate surface area is 177 Å². The van der Waals surface area contributed by atoms with Crippen LogP contribution < -0.4 is 10.5 Å². The molecule has 2 aliphatic rings. The van der Waals surface area contributed by atoms with Crippen molar-refractivity contribution in [1.82, 2.24) is 0 Å². The molecule has 5 nitrogen and oxygen atoms in total. The minimum absolute atomic E-state index is 0.0164. The van der Waals surface area contributed by atoms with Crippen molar-refractivity contribution in [2.24, 2.45) is 5.73 Å². The van der Waals surface area contributed by atoms with Gasteiger partial charge in [-0.25, -0.2) is 0 Å². The number of halogens is 1.